The molecule has 0 radical (unpaired) electrons. The van der Waals surface area contributed by atoms with Gasteiger partial charge >= 0.3 is 5.97 Å². The molecule has 3 unspecified atom stereocenters. The number of benzene rings is 2. The Morgan fingerprint density at radius 2 is 1.56 bits per heavy atom. The first-order valence-corrected chi connectivity index (χ1v) is 12.9. The van der Waals surface area contributed by atoms with Crippen LogP contribution in [0.25, 0.3) is 0 Å². The number of esters is 1. The quantitative estimate of drug-likeness (QED) is 0.414. The van der Waals surface area contributed by atoms with Crippen molar-refractivity contribution in [3.63, 3.8) is 0 Å². The molecule has 1 heterocycles. The molecule has 0 bridgehead atoms. The second-order valence-corrected chi connectivity index (χ2v) is 9.93. The number of ether oxygens (including phenoxy) is 7. The zero-order valence-corrected chi connectivity index (χ0v) is 24.5. The molecule has 220 valence electrons. The molecule has 0 fully saturated rings. The van der Waals surface area contributed by atoms with Crippen LogP contribution in [0, 0.1) is 5.92 Å². The second kappa shape index (κ2) is 11.4. The van der Waals surface area contributed by atoms with Crippen LogP contribution in [0.3, 0.4) is 0 Å². The van der Waals surface area contributed by atoms with Crippen molar-refractivity contribution in [3.05, 3.63) is 45.7 Å². The summed E-state index contributed by atoms with van der Waals surface area (Å²) in [6, 6.07) is 4.56. The molecule has 2 aliphatic rings. The van der Waals surface area contributed by atoms with E-state index in [0.717, 1.165) is 0 Å². The largest absolute Gasteiger partial charge is 0.507 e. The van der Waals surface area contributed by atoms with Crippen molar-refractivity contribution in [2.45, 2.75) is 31.3 Å². The maximum atomic E-state index is 14.1. The Morgan fingerprint density at radius 1 is 0.976 bits per heavy atom. The molecule has 1 aliphatic heterocycles. The molecule has 12 heteroatoms. The highest BCUT2D eigenvalue weighted by molar-refractivity contribution is 6.35. The van der Waals surface area contributed by atoms with E-state index in [1.807, 2.05) is 0 Å². The van der Waals surface area contributed by atoms with Crippen molar-refractivity contribution >= 4 is 29.1 Å². The molecule has 0 amide bonds. The molecule has 11 nitrogen and oxygen atoms in total. The Balaban J connectivity index is 2.00. The summed E-state index contributed by atoms with van der Waals surface area (Å²) in [4.78, 5) is 40.4. The zero-order chi connectivity index (χ0) is 30.2. The highest BCUT2D eigenvalue weighted by atomic mass is 35.5. The predicted octanol–water partition coefficient (Wildman–Crippen LogP) is 4.46. The summed E-state index contributed by atoms with van der Waals surface area (Å²) in [5.74, 6) is -3.26. The lowest BCUT2D eigenvalue weighted by Gasteiger charge is -2.38. The van der Waals surface area contributed by atoms with Crippen molar-refractivity contribution in [1.29, 1.82) is 0 Å². The molecular weight excluding hydrogens is 560 g/mol. The van der Waals surface area contributed by atoms with Crippen LogP contribution in [0.15, 0.2) is 29.5 Å². The van der Waals surface area contributed by atoms with Crippen LogP contribution >= 0.6 is 11.6 Å². The number of Topliss-reactive ketones (excluding diaryl/α,β-unsaturated/α-hetero) is 2. The van der Waals surface area contributed by atoms with Crippen molar-refractivity contribution < 1.29 is 52.6 Å². The molecule has 1 spiro atoms. The van der Waals surface area contributed by atoms with Gasteiger partial charge < -0.3 is 38.3 Å². The molecule has 41 heavy (non-hydrogen) atoms. The van der Waals surface area contributed by atoms with Gasteiger partial charge in [-0.2, -0.15) is 0 Å². The number of rotatable bonds is 9. The van der Waals surface area contributed by atoms with E-state index < -0.39 is 40.7 Å². The third kappa shape index (κ3) is 4.57. The maximum absolute atomic E-state index is 14.1. The number of allylic oxidation sites excluding steroid dienone is 1. The van der Waals surface area contributed by atoms with Gasteiger partial charge in [-0.3, -0.25) is 14.4 Å². The van der Waals surface area contributed by atoms with E-state index >= 15 is 0 Å². The van der Waals surface area contributed by atoms with Gasteiger partial charge in [-0.25, -0.2) is 0 Å². The smallest absolute Gasteiger partial charge is 0.306 e. The Bertz CT molecular complexity index is 1420. The number of halogens is 1. The number of ketones is 2. The van der Waals surface area contributed by atoms with Crippen molar-refractivity contribution in [1.82, 2.24) is 0 Å². The van der Waals surface area contributed by atoms with Crippen LogP contribution in [-0.2, 0) is 14.3 Å². The number of hydrogen-bond donors (Lipinski definition) is 1. The molecular formula is C29H31ClO11. The summed E-state index contributed by atoms with van der Waals surface area (Å²) in [6.45, 7) is 1.61. The summed E-state index contributed by atoms with van der Waals surface area (Å²) in [6.07, 6.45) is -0.540. The van der Waals surface area contributed by atoms with Gasteiger partial charge in [0.2, 0.25) is 17.1 Å². The van der Waals surface area contributed by atoms with Gasteiger partial charge in [0.1, 0.15) is 22.1 Å². The first kappa shape index (κ1) is 29.9. The highest BCUT2D eigenvalue weighted by Crippen LogP contribution is 2.56. The number of carbonyl (C=O) groups is 3. The minimum atomic E-state index is -2.02. The van der Waals surface area contributed by atoms with Gasteiger partial charge in [-0.1, -0.05) is 18.5 Å². The predicted molar refractivity (Wildman–Crippen MR) is 146 cm³/mol. The lowest BCUT2D eigenvalue weighted by atomic mass is 9.69. The highest BCUT2D eigenvalue weighted by Gasteiger charge is 2.61. The molecule has 1 N–H and O–H groups in total. The average Bonchev–Trinajstić information content (AvgIpc) is 3.29. The number of aliphatic hydroxyl groups excluding tert-OH is 1. The van der Waals surface area contributed by atoms with Crippen LogP contribution in [0.5, 0.6) is 34.5 Å². The summed E-state index contributed by atoms with van der Waals surface area (Å²) in [7, 11) is 8.24. The van der Waals surface area contributed by atoms with Crippen molar-refractivity contribution in [3.8, 4) is 34.5 Å². The number of aliphatic hydroxyl groups is 1. The van der Waals surface area contributed by atoms with Crippen molar-refractivity contribution in [2.24, 2.45) is 5.92 Å². The molecule has 2 aromatic carbocycles. The summed E-state index contributed by atoms with van der Waals surface area (Å²) in [5.41, 5.74) is -1.84. The molecule has 4 rings (SSSR count). The van der Waals surface area contributed by atoms with Crippen LogP contribution in [0.4, 0.5) is 0 Å². The van der Waals surface area contributed by atoms with Gasteiger partial charge in [-0.15, -0.1) is 0 Å². The first-order chi connectivity index (χ1) is 19.5. The van der Waals surface area contributed by atoms with Crippen LogP contribution in [0.2, 0.25) is 5.02 Å². The maximum Gasteiger partial charge on any atom is 0.306 e. The van der Waals surface area contributed by atoms with Crippen LogP contribution < -0.4 is 28.4 Å². The Morgan fingerprint density at radius 3 is 2.07 bits per heavy atom. The topological polar surface area (TPSA) is 136 Å². The van der Waals surface area contributed by atoms with Crippen LogP contribution in [-0.4, -0.2) is 70.9 Å². The molecule has 0 saturated carbocycles. The Labute approximate surface area is 241 Å². The number of carbonyl (C=O) groups excluding carboxylic acids is 3. The standard InChI is InChI=1S/C29H31ClO11/c1-13-8-16(31)22(15(11-21(32)39-6)14-9-19(37-4)25(40-7)20(10-14)38-5)27(33)29(13)28(34)23-17(35-2)12-18(36-3)24(30)26(23)41-29/h9-10,12-13,15,33H,8,11H2,1-7H3. The molecule has 3 atom stereocenters. The lowest BCUT2D eigenvalue weighted by Crippen LogP contribution is -2.53. The normalized spacial score (nSPS) is 20.3. The fourth-order valence-corrected chi connectivity index (χ4v) is 5.74. The number of methoxy groups -OCH3 is 6. The second-order valence-electron chi connectivity index (χ2n) is 9.55. The van der Waals surface area contributed by atoms with E-state index in [4.69, 9.17) is 44.8 Å². The fraction of sp³-hybridized carbons (Fsp3) is 0.414. The molecule has 2 aromatic rings. The van der Waals surface area contributed by atoms with Crippen LogP contribution in [0.1, 0.15) is 41.6 Å². The summed E-state index contributed by atoms with van der Waals surface area (Å²) >= 11 is 6.53. The Hall–Kier alpha value is -4.12. The van der Waals surface area contributed by atoms with Crippen molar-refractivity contribution in [2.75, 3.05) is 42.7 Å². The summed E-state index contributed by atoms with van der Waals surface area (Å²) in [5, 5.41) is 11.9. The molecule has 0 saturated heterocycles. The van der Waals surface area contributed by atoms with Gasteiger partial charge in [0.05, 0.1) is 49.1 Å². The number of fused-ring (bicyclic) bond motifs is 1. The number of hydrogen-bond acceptors (Lipinski definition) is 11. The minimum absolute atomic E-state index is 0.00250. The molecule has 1 aliphatic carbocycles. The van der Waals surface area contributed by atoms with E-state index in [0.29, 0.717) is 5.56 Å². The summed E-state index contributed by atoms with van der Waals surface area (Å²) < 4.78 is 38.2. The third-order valence-electron chi connectivity index (χ3n) is 7.55. The van der Waals surface area contributed by atoms with Gasteiger partial charge in [-0.05, 0) is 17.7 Å². The lowest BCUT2D eigenvalue weighted by molar-refractivity contribution is -0.140. The van der Waals surface area contributed by atoms with E-state index in [1.54, 1.807) is 19.1 Å². The Kier molecular flexibility index (Phi) is 8.30. The zero-order valence-electron chi connectivity index (χ0n) is 23.7. The third-order valence-corrected chi connectivity index (χ3v) is 7.91. The van der Waals surface area contributed by atoms with E-state index in [9.17, 15) is 19.5 Å². The first-order valence-electron chi connectivity index (χ1n) is 12.6. The minimum Gasteiger partial charge on any atom is -0.507 e. The SMILES string of the molecule is COC(=O)CC(C1=C(O)C2(Oc3c(Cl)c(OC)cc(OC)c3C2=O)C(C)CC1=O)c1cc(OC)c(OC)c(OC)c1. The van der Waals surface area contributed by atoms with Gasteiger partial charge in [0.15, 0.2) is 28.8 Å². The molecule has 0 aromatic heterocycles. The van der Waals surface area contributed by atoms with Gasteiger partial charge in [0, 0.05) is 29.9 Å². The van der Waals surface area contributed by atoms with Gasteiger partial charge in [0.25, 0.3) is 0 Å². The monoisotopic (exact) mass is 590 g/mol. The average molecular weight is 591 g/mol. The van der Waals surface area contributed by atoms with E-state index in [2.05, 4.69) is 0 Å². The van der Waals surface area contributed by atoms with E-state index in [1.165, 1.54) is 48.7 Å². The van der Waals surface area contributed by atoms with E-state index in [-0.39, 0.29) is 63.5 Å². The fourth-order valence-electron chi connectivity index (χ4n) is 5.48.